The first-order chi connectivity index (χ1) is 12.5. The summed E-state index contributed by atoms with van der Waals surface area (Å²) in [4.78, 5) is 5.53. The average molecular weight is 634 g/mol. The molecule has 0 unspecified atom stereocenters. The van der Waals surface area contributed by atoms with Gasteiger partial charge in [0.25, 0.3) is 0 Å². The summed E-state index contributed by atoms with van der Waals surface area (Å²) in [5.41, 5.74) is 2.86. The van der Waals surface area contributed by atoms with Gasteiger partial charge in [0.15, 0.2) is 0 Å². The highest BCUT2D eigenvalue weighted by Gasteiger charge is 2.22. The minimum absolute atomic E-state index is 1.34. The molecular weight excluding hydrogens is 622 g/mol. The van der Waals surface area contributed by atoms with Crippen molar-refractivity contribution >= 4 is 111 Å². The van der Waals surface area contributed by atoms with Crippen LogP contribution in [0.4, 0.5) is 0 Å². The van der Waals surface area contributed by atoms with Crippen molar-refractivity contribution in [3.8, 4) is 20.9 Å². The summed E-state index contributed by atoms with van der Waals surface area (Å²) in [5.74, 6) is 0. The third kappa shape index (κ3) is 2.91. The Bertz CT molecular complexity index is 1130. The van der Waals surface area contributed by atoms with E-state index in [4.69, 9.17) is 0 Å². The first kappa shape index (κ1) is 18.1. The molecule has 0 aliphatic carbocycles. The van der Waals surface area contributed by atoms with Crippen LogP contribution in [0.25, 0.3) is 41.1 Å². The van der Waals surface area contributed by atoms with Gasteiger partial charge in [-0.3, -0.25) is 0 Å². The normalized spacial score (nSPS) is 11.8. The lowest BCUT2D eigenvalue weighted by molar-refractivity contribution is 1.64. The van der Waals surface area contributed by atoms with Gasteiger partial charge in [-0.15, -0.1) is 45.3 Å². The Kier molecular flexibility index (Phi) is 4.73. The molecule has 26 heavy (non-hydrogen) atoms. The van der Waals surface area contributed by atoms with Crippen LogP contribution in [0.1, 0.15) is 9.75 Å². The molecule has 4 aromatic heterocycles. The molecule has 1 aromatic carbocycles. The summed E-state index contributed by atoms with van der Waals surface area (Å²) in [6, 6.07) is 13.8. The van der Waals surface area contributed by atoms with Crippen LogP contribution >= 0.6 is 90.5 Å². The molecule has 5 rings (SSSR count). The van der Waals surface area contributed by atoms with Crippen LogP contribution in [0.5, 0.6) is 0 Å². The zero-order chi connectivity index (χ0) is 18.0. The number of hydrogen-bond donors (Lipinski definition) is 0. The molecular formula is C20H12I2S4. The molecule has 0 bridgehead atoms. The molecule has 0 aliphatic heterocycles. The fraction of sp³-hybridized carbons (Fsp3) is 0.100. The summed E-state index contributed by atoms with van der Waals surface area (Å²) in [6.45, 7) is 4.43. The number of fused-ring (bicyclic) bond motifs is 2. The second kappa shape index (κ2) is 6.81. The smallest absolute Gasteiger partial charge is 0.0666 e. The molecule has 0 atom stereocenters. The van der Waals surface area contributed by atoms with E-state index < -0.39 is 0 Å². The molecule has 5 aromatic rings. The monoisotopic (exact) mass is 634 g/mol. The Hall–Kier alpha value is -0.000000000000000167. The molecule has 0 N–H and O–H groups in total. The Balaban J connectivity index is 2.00. The van der Waals surface area contributed by atoms with Crippen molar-refractivity contribution in [2.75, 3.05) is 0 Å². The minimum atomic E-state index is 1.34. The Morgan fingerprint density at radius 3 is 1.92 bits per heavy atom. The van der Waals surface area contributed by atoms with Crippen molar-refractivity contribution in [2.45, 2.75) is 13.8 Å². The largest absolute Gasteiger partial charge is 0.141 e. The molecule has 0 aliphatic rings. The lowest BCUT2D eigenvalue weighted by Gasteiger charge is -2.09. The number of halogens is 2. The molecule has 4 heterocycles. The van der Waals surface area contributed by atoms with Crippen molar-refractivity contribution in [3.63, 3.8) is 0 Å². The molecule has 6 heteroatoms. The summed E-state index contributed by atoms with van der Waals surface area (Å²) >= 11 is 12.6. The van der Waals surface area contributed by atoms with E-state index in [-0.39, 0.29) is 0 Å². The van der Waals surface area contributed by atoms with Crippen LogP contribution in [-0.4, -0.2) is 0 Å². The molecule has 0 saturated carbocycles. The average Bonchev–Trinajstić information content (AvgIpc) is 3.33. The van der Waals surface area contributed by atoms with E-state index in [1.54, 1.807) is 0 Å². The van der Waals surface area contributed by atoms with Crippen LogP contribution < -0.4 is 0 Å². The standard InChI is InChI=1S/C20H12I2S4/c1-9-3-4-13(23-9)18-12-8-16(22)26-20(12)17(14-5-6-15(21)25-14)11-7-10(2)24-19(11)18/h3-8H,1-2H3. The van der Waals surface area contributed by atoms with Crippen molar-refractivity contribution < 1.29 is 0 Å². The minimum Gasteiger partial charge on any atom is -0.141 e. The fourth-order valence-electron chi connectivity index (χ4n) is 3.37. The highest BCUT2D eigenvalue weighted by Crippen LogP contribution is 2.51. The van der Waals surface area contributed by atoms with E-state index >= 15 is 0 Å². The maximum absolute atomic E-state index is 2.47. The lowest BCUT2D eigenvalue weighted by Crippen LogP contribution is -1.81. The van der Waals surface area contributed by atoms with E-state index in [2.05, 4.69) is 95.4 Å². The maximum Gasteiger partial charge on any atom is 0.0666 e. The van der Waals surface area contributed by atoms with Crippen LogP contribution in [0, 0.1) is 19.6 Å². The van der Waals surface area contributed by atoms with Gasteiger partial charge in [0.05, 0.1) is 5.77 Å². The summed E-state index contributed by atoms with van der Waals surface area (Å²) in [6.07, 6.45) is 0. The van der Waals surface area contributed by atoms with Crippen LogP contribution in [-0.2, 0) is 0 Å². The van der Waals surface area contributed by atoms with Crippen molar-refractivity contribution in [1.29, 1.82) is 0 Å². The van der Waals surface area contributed by atoms with Gasteiger partial charge < -0.3 is 0 Å². The van der Waals surface area contributed by atoms with Gasteiger partial charge in [-0.25, -0.2) is 0 Å². The molecule has 0 spiro atoms. The van der Waals surface area contributed by atoms with Gasteiger partial charge in [-0.2, -0.15) is 0 Å². The number of rotatable bonds is 2. The van der Waals surface area contributed by atoms with Crippen LogP contribution in [0.3, 0.4) is 0 Å². The van der Waals surface area contributed by atoms with Crippen LogP contribution in [0.2, 0.25) is 0 Å². The van der Waals surface area contributed by atoms with Gasteiger partial charge in [0.2, 0.25) is 0 Å². The summed E-state index contributed by atoms with van der Waals surface area (Å²) in [7, 11) is 0. The first-order valence-electron chi connectivity index (χ1n) is 7.99. The molecule has 0 amide bonds. The molecule has 0 nitrogen and oxygen atoms in total. The predicted molar refractivity (Wildman–Crippen MR) is 139 cm³/mol. The van der Waals surface area contributed by atoms with E-state index in [1.165, 1.54) is 56.6 Å². The second-order valence-electron chi connectivity index (χ2n) is 6.16. The molecule has 0 fully saturated rings. The zero-order valence-corrected chi connectivity index (χ0v) is 21.4. The van der Waals surface area contributed by atoms with Crippen molar-refractivity contribution in [1.82, 2.24) is 0 Å². The number of aryl methyl sites for hydroxylation is 2. The van der Waals surface area contributed by atoms with Gasteiger partial charge in [-0.05, 0) is 95.4 Å². The van der Waals surface area contributed by atoms with Crippen LogP contribution in [0.15, 0.2) is 36.4 Å². The van der Waals surface area contributed by atoms with Gasteiger partial charge in [0, 0.05) is 50.8 Å². The van der Waals surface area contributed by atoms with Gasteiger partial charge in [0.1, 0.15) is 0 Å². The maximum atomic E-state index is 2.47. The first-order valence-corrected chi connectivity index (χ1v) is 13.4. The lowest BCUT2D eigenvalue weighted by atomic mass is 10.00. The fourth-order valence-corrected chi connectivity index (χ4v) is 9.15. The van der Waals surface area contributed by atoms with E-state index in [9.17, 15) is 0 Å². The Morgan fingerprint density at radius 2 is 1.27 bits per heavy atom. The van der Waals surface area contributed by atoms with Crippen molar-refractivity contribution in [2.24, 2.45) is 0 Å². The zero-order valence-electron chi connectivity index (χ0n) is 13.9. The van der Waals surface area contributed by atoms with Gasteiger partial charge >= 0.3 is 0 Å². The Morgan fingerprint density at radius 1 is 0.615 bits per heavy atom. The summed E-state index contributed by atoms with van der Waals surface area (Å²) in [5, 5.41) is 2.83. The third-order valence-corrected chi connectivity index (χ3v) is 10.3. The third-order valence-electron chi connectivity index (χ3n) is 4.36. The molecule has 0 radical (unpaired) electrons. The van der Waals surface area contributed by atoms with E-state index in [0.717, 1.165) is 0 Å². The van der Waals surface area contributed by atoms with E-state index in [0.29, 0.717) is 0 Å². The topological polar surface area (TPSA) is 0 Å². The van der Waals surface area contributed by atoms with Gasteiger partial charge in [-0.1, -0.05) is 0 Å². The SMILES string of the molecule is Cc1ccc(-c2c3cc(I)sc3c(-c3ccc(I)s3)c3cc(C)sc23)s1. The number of benzene rings is 1. The Labute approximate surface area is 195 Å². The predicted octanol–water partition coefficient (Wildman–Crippen LogP) is 9.40. The number of hydrogen-bond acceptors (Lipinski definition) is 4. The van der Waals surface area contributed by atoms with E-state index in [1.807, 2.05) is 45.3 Å². The number of thiophene rings is 4. The van der Waals surface area contributed by atoms with Crippen molar-refractivity contribution in [3.05, 3.63) is 51.9 Å². The highest BCUT2D eigenvalue weighted by atomic mass is 127. The quantitative estimate of drug-likeness (QED) is 0.170. The second-order valence-corrected chi connectivity index (χ2v) is 14.6. The highest BCUT2D eigenvalue weighted by molar-refractivity contribution is 14.1. The molecule has 130 valence electrons. The molecule has 0 saturated heterocycles. The summed E-state index contributed by atoms with van der Waals surface area (Å²) < 4.78 is 5.56.